The first kappa shape index (κ1) is 28.6. The molecule has 0 saturated carbocycles. The average molecular weight is 547 g/mol. The number of ether oxygens (including phenoxy) is 1. The lowest BCUT2D eigenvalue weighted by atomic mass is 10.1. The van der Waals surface area contributed by atoms with Crippen LogP contribution in [0.25, 0.3) is 0 Å². The van der Waals surface area contributed by atoms with Gasteiger partial charge in [0.1, 0.15) is 11.6 Å². The van der Waals surface area contributed by atoms with E-state index in [2.05, 4.69) is 10.2 Å². The molecule has 1 aliphatic rings. The molecule has 3 aromatic rings. The molecule has 8 nitrogen and oxygen atoms in total. The first-order valence-electron chi connectivity index (χ1n) is 13.5. The van der Waals surface area contributed by atoms with Crippen molar-refractivity contribution in [3.63, 3.8) is 0 Å². The zero-order valence-electron chi connectivity index (χ0n) is 23.2. The summed E-state index contributed by atoms with van der Waals surface area (Å²) in [5.74, 6) is -0.714. The number of nitrogens with zero attached hydrogens (tertiary/aromatic N) is 3. The fourth-order valence-corrected chi connectivity index (χ4v) is 4.86. The normalized spacial score (nSPS) is 13.4. The fraction of sp³-hybridized carbons (Fsp3) is 0.323. The van der Waals surface area contributed by atoms with Gasteiger partial charge in [-0.05, 0) is 74.9 Å². The van der Waals surface area contributed by atoms with Crippen molar-refractivity contribution in [2.45, 2.75) is 20.3 Å². The van der Waals surface area contributed by atoms with Crippen LogP contribution in [0.4, 0.5) is 15.8 Å². The number of halogens is 1. The van der Waals surface area contributed by atoms with Gasteiger partial charge in [0.05, 0.1) is 18.2 Å². The second-order valence-electron chi connectivity index (χ2n) is 9.50. The molecule has 0 unspecified atom stereocenters. The van der Waals surface area contributed by atoms with Crippen LogP contribution in [-0.2, 0) is 0 Å². The van der Waals surface area contributed by atoms with Gasteiger partial charge in [0, 0.05) is 56.2 Å². The summed E-state index contributed by atoms with van der Waals surface area (Å²) in [5.41, 5.74) is 2.11. The Hall–Kier alpha value is -4.40. The van der Waals surface area contributed by atoms with E-state index in [1.165, 1.54) is 18.2 Å². The average Bonchev–Trinajstić information content (AvgIpc) is 3.24. The van der Waals surface area contributed by atoms with E-state index in [0.29, 0.717) is 61.8 Å². The van der Waals surface area contributed by atoms with E-state index >= 15 is 0 Å². The molecule has 1 heterocycles. The minimum Gasteiger partial charge on any atom is -0.497 e. The van der Waals surface area contributed by atoms with Crippen LogP contribution in [-0.4, -0.2) is 73.9 Å². The molecular weight excluding hydrogens is 511 g/mol. The van der Waals surface area contributed by atoms with Crippen LogP contribution in [0.15, 0.2) is 66.7 Å². The van der Waals surface area contributed by atoms with Crippen molar-refractivity contribution in [1.82, 2.24) is 9.80 Å². The number of nitrogens with one attached hydrogen (secondary N) is 1. The summed E-state index contributed by atoms with van der Waals surface area (Å²) in [6, 6.07) is 18.0. The Morgan fingerprint density at radius 1 is 0.900 bits per heavy atom. The monoisotopic (exact) mass is 546 g/mol. The van der Waals surface area contributed by atoms with E-state index in [4.69, 9.17) is 4.74 Å². The lowest BCUT2D eigenvalue weighted by molar-refractivity contribution is 0.0760. The zero-order valence-corrected chi connectivity index (χ0v) is 23.2. The number of amides is 3. The van der Waals surface area contributed by atoms with Crippen molar-refractivity contribution in [2.24, 2.45) is 0 Å². The number of methoxy groups -OCH3 is 1. The van der Waals surface area contributed by atoms with E-state index < -0.39 is 11.7 Å². The highest BCUT2D eigenvalue weighted by Crippen LogP contribution is 2.28. The number of carbonyl (C=O) groups excluding carboxylic acids is 3. The molecule has 0 aliphatic carbocycles. The Morgan fingerprint density at radius 2 is 1.62 bits per heavy atom. The Kier molecular flexibility index (Phi) is 9.37. The number of rotatable bonds is 8. The van der Waals surface area contributed by atoms with Crippen LogP contribution < -0.4 is 15.0 Å². The smallest absolute Gasteiger partial charge is 0.258 e. The molecule has 1 saturated heterocycles. The molecule has 0 atom stereocenters. The van der Waals surface area contributed by atoms with Gasteiger partial charge in [0.25, 0.3) is 17.7 Å². The van der Waals surface area contributed by atoms with Gasteiger partial charge in [-0.3, -0.25) is 14.4 Å². The van der Waals surface area contributed by atoms with E-state index in [9.17, 15) is 18.8 Å². The lowest BCUT2D eigenvalue weighted by Crippen LogP contribution is -2.36. The van der Waals surface area contributed by atoms with Crippen molar-refractivity contribution in [3.8, 4) is 5.75 Å². The maximum absolute atomic E-state index is 14.2. The van der Waals surface area contributed by atoms with Gasteiger partial charge < -0.3 is 24.8 Å². The SMILES string of the molecule is CCN(CC)C(=O)c1cc(NC(=O)c2ccccc2F)ccc1N1CCCN(C(=O)c2ccc(OC)cc2)CC1. The molecule has 0 aromatic heterocycles. The fourth-order valence-electron chi connectivity index (χ4n) is 4.86. The number of hydrogen-bond donors (Lipinski definition) is 1. The topological polar surface area (TPSA) is 82.2 Å². The molecule has 0 radical (unpaired) electrons. The van der Waals surface area contributed by atoms with E-state index in [0.717, 1.165) is 12.1 Å². The van der Waals surface area contributed by atoms with Gasteiger partial charge in [-0.2, -0.15) is 0 Å². The zero-order chi connectivity index (χ0) is 28.6. The van der Waals surface area contributed by atoms with Crippen molar-refractivity contribution < 1.29 is 23.5 Å². The molecule has 40 heavy (non-hydrogen) atoms. The lowest BCUT2D eigenvalue weighted by Gasteiger charge is -2.28. The highest BCUT2D eigenvalue weighted by molar-refractivity contribution is 6.06. The Bertz CT molecular complexity index is 1360. The van der Waals surface area contributed by atoms with Crippen molar-refractivity contribution in [2.75, 3.05) is 56.6 Å². The number of hydrogen-bond acceptors (Lipinski definition) is 5. The Labute approximate surface area is 234 Å². The maximum Gasteiger partial charge on any atom is 0.258 e. The largest absolute Gasteiger partial charge is 0.497 e. The Balaban J connectivity index is 1.57. The second kappa shape index (κ2) is 13.1. The number of carbonyl (C=O) groups is 3. The number of benzene rings is 3. The summed E-state index contributed by atoms with van der Waals surface area (Å²) in [5, 5.41) is 2.73. The predicted molar refractivity (Wildman–Crippen MR) is 154 cm³/mol. The number of anilines is 2. The molecule has 9 heteroatoms. The standard InChI is InChI=1S/C31H35FN4O4/c1-4-34(5-2)31(39)26-21-23(33-29(37)25-9-6-7-10-27(25)32)13-16-28(26)35-17-8-18-36(20-19-35)30(38)22-11-14-24(40-3)15-12-22/h6-7,9-16,21H,4-5,8,17-20H2,1-3H3,(H,33,37). The van der Waals surface area contributed by atoms with E-state index in [-0.39, 0.29) is 17.4 Å². The van der Waals surface area contributed by atoms with E-state index in [1.54, 1.807) is 54.5 Å². The molecule has 3 aromatic carbocycles. The summed E-state index contributed by atoms with van der Waals surface area (Å²) >= 11 is 0. The third-order valence-corrected chi connectivity index (χ3v) is 7.11. The molecule has 0 bridgehead atoms. The second-order valence-corrected chi connectivity index (χ2v) is 9.50. The third kappa shape index (κ3) is 6.42. The van der Waals surface area contributed by atoms with Gasteiger partial charge in [0.15, 0.2) is 0 Å². The quantitative estimate of drug-likeness (QED) is 0.434. The van der Waals surface area contributed by atoms with Crippen molar-refractivity contribution >= 4 is 29.1 Å². The van der Waals surface area contributed by atoms with Gasteiger partial charge in [0.2, 0.25) is 0 Å². The van der Waals surface area contributed by atoms with Gasteiger partial charge in [-0.1, -0.05) is 12.1 Å². The van der Waals surface area contributed by atoms with Crippen LogP contribution in [0.3, 0.4) is 0 Å². The maximum atomic E-state index is 14.2. The molecule has 1 aliphatic heterocycles. The summed E-state index contributed by atoms with van der Waals surface area (Å²) in [7, 11) is 1.59. The van der Waals surface area contributed by atoms with E-state index in [1.807, 2.05) is 24.8 Å². The molecular formula is C31H35FN4O4. The molecule has 1 N–H and O–H groups in total. The summed E-state index contributed by atoms with van der Waals surface area (Å²) in [6.07, 6.45) is 0.729. The molecule has 1 fully saturated rings. The molecule has 0 spiro atoms. The minimum atomic E-state index is -0.616. The molecule has 3 amide bonds. The summed E-state index contributed by atoms with van der Waals surface area (Å²) in [4.78, 5) is 45.2. The third-order valence-electron chi connectivity index (χ3n) is 7.11. The first-order valence-corrected chi connectivity index (χ1v) is 13.5. The predicted octanol–water partition coefficient (Wildman–Crippen LogP) is 4.92. The summed E-state index contributed by atoms with van der Waals surface area (Å²) < 4.78 is 19.4. The van der Waals surface area contributed by atoms with Crippen LogP contribution in [0.1, 0.15) is 51.3 Å². The highest BCUT2D eigenvalue weighted by Gasteiger charge is 2.25. The molecule has 210 valence electrons. The van der Waals surface area contributed by atoms with Crippen LogP contribution >= 0.6 is 0 Å². The van der Waals surface area contributed by atoms with Gasteiger partial charge in [-0.25, -0.2) is 4.39 Å². The summed E-state index contributed by atoms with van der Waals surface area (Å²) in [6.45, 7) is 7.19. The minimum absolute atomic E-state index is 0.0462. The molecule has 4 rings (SSSR count). The van der Waals surface area contributed by atoms with Crippen LogP contribution in [0, 0.1) is 5.82 Å². The Morgan fingerprint density at radius 3 is 2.30 bits per heavy atom. The van der Waals surface area contributed by atoms with Gasteiger partial charge >= 0.3 is 0 Å². The first-order chi connectivity index (χ1) is 19.4. The van der Waals surface area contributed by atoms with Crippen molar-refractivity contribution in [3.05, 3.63) is 89.2 Å². The van der Waals surface area contributed by atoms with Gasteiger partial charge in [-0.15, -0.1) is 0 Å². The van der Waals surface area contributed by atoms with Crippen molar-refractivity contribution in [1.29, 1.82) is 0 Å². The highest BCUT2D eigenvalue weighted by atomic mass is 19.1. The van der Waals surface area contributed by atoms with Crippen LogP contribution in [0.5, 0.6) is 5.75 Å². The van der Waals surface area contributed by atoms with Crippen LogP contribution in [0.2, 0.25) is 0 Å².